The number of hydrogen-bond donors (Lipinski definition) is 1. The minimum Gasteiger partial charge on any atom is -0.439 e. The van der Waals surface area contributed by atoms with Crippen LogP contribution < -0.4 is 10.5 Å². The first kappa shape index (κ1) is 10.1. The van der Waals surface area contributed by atoms with Gasteiger partial charge in [0.1, 0.15) is 5.75 Å². The maximum Gasteiger partial charge on any atom is 0.219 e. The normalized spacial score (nSPS) is 13.4. The molecule has 1 heterocycles. The summed E-state index contributed by atoms with van der Waals surface area (Å²) in [5.74, 6) is 1.43. The molecule has 0 saturated carbocycles. The highest BCUT2D eigenvalue weighted by molar-refractivity contribution is 5.41. The summed E-state index contributed by atoms with van der Waals surface area (Å²) in [6.45, 7) is 0. The SMILES string of the molecule is Nc1ccc(Oc2ccc3c(c2)CCC3)nc1. The molecule has 17 heavy (non-hydrogen) atoms. The third kappa shape index (κ3) is 2.09. The highest BCUT2D eigenvalue weighted by atomic mass is 16.5. The van der Waals surface area contributed by atoms with Gasteiger partial charge in [-0.05, 0) is 48.6 Å². The van der Waals surface area contributed by atoms with E-state index >= 15 is 0 Å². The van der Waals surface area contributed by atoms with Crippen LogP contribution in [0.4, 0.5) is 5.69 Å². The third-order valence-corrected chi connectivity index (χ3v) is 3.05. The van der Waals surface area contributed by atoms with Gasteiger partial charge in [-0.3, -0.25) is 0 Å². The van der Waals surface area contributed by atoms with E-state index < -0.39 is 0 Å². The van der Waals surface area contributed by atoms with Crippen LogP contribution in [0.2, 0.25) is 0 Å². The molecule has 1 aliphatic rings. The lowest BCUT2D eigenvalue weighted by Crippen LogP contribution is -1.91. The van der Waals surface area contributed by atoms with E-state index in [1.807, 2.05) is 6.07 Å². The van der Waals surface area contributed by atoms with Crippen LogP contribution in [0.15, 0.2) is 36.5 Å². The molecular weight excluding hydrogens is 212 g/mol. The van der Waals surface area contributed by atoms with Crippen molar-refractivity contribution in [2.24, 2.45) is 0 Å². The van der Waals surface area contributed by atoms with Gasteiger partial charge in [0.15, 0.2) is 0 Å². The first-order valence-electron chi connectivity index (χ1n) is 5.82. The van der Waals surface area contributed by atoms with Crippen LogP contribution in [0.3, 0.4) is 0 Å². The second kappa shape index (κ2) is 4.09. The Morgan fingerprint density at radius 3 is 2.76 bits per heavy atom. The van der Waals surface area contributed by atoms with E-state index in [2.05, 4.69) is 17.1 Å². The highest BCUT2D eigenvalue weighted by Crippen LogP contribution is 2.28. The van der Waals surface area contributed by atoms with Crippen LogP contribution in [-0.2, 0) is 12.8 Å². The largest absolute Gasteiger partial charge is 0.439 e. The Morgan fingerprint density at radius 1 is 1.06 bits per heavy atom. The van der Waals surface area contributed by atoms with Gasteiger partial charge in [0.25, 0.3) is 0 Å². The molecule has 2 aromatic rings. The summed E-state index contributed by atoms with van der Waals surface area (Å²) < 4.78 is 5.69. The van der Waals surface area contributed by atoms with Crippen molar-refractivity contribution < 1.29 is 4.74 Å². The number of aryl methyl sites for hydroxylation is 2. The summed E-state index contributed by atoms with van der Waals surface area (Å²) in [7, 11) is 0. The minimum absolute atomic E-state index is 0.581. The van der Waals surface area contributed by atoms with Gasteiger partial charge >= 0.3 is 0 Å². The van der Waals surface area contributed by atoms with Crippen LogP contribution >= 0.6 is 0 Å². The number of anilines is 1. The van der Waals surface area contributed by atoms with Gasteiger partial charge < -0.3 is 10.5 Å². The summed E-state index contributed by atoms with van der Waals surface area (Å²) in [6, 6.07) is 9.83. The number of pyridine rings is 1. The van der Waals surface area contributed by atoms with Crippen molar-refractivity contribution in [3.63, 3.8) is 0 Å². The molecule has 1 aromatic carbocycles. The third-order valence-electron chi connectivity index (χ3n) is 3.05. The molecular formula is C14H14N2O. The first-order valence-corrected chi connectivity index (χ1v) is 5.82. The van der Waals surface area contributed by atoms with Crippen molar-refractivity contribution >= 4 is 5.69 Å². The number of rotatable bonds is 2. The number of nitrogens with two attached hydrogens (primary N) is 1. The van der Waals surface area contributed by atoms with E-state index in [0.29, 0.717) is 11.6 Å². The van der Waals surface area contributed by atoms with Crippen molar-refractivity contribution in [1.82, 2.24) is 4.98 Å². The fourth-order valence-corrected chi connectivity index (χ4v) is 2.18. The van der Waals surface area contributed by atoms with Gasteiger partial charge in [-0.15, -0.1) is 0 Å². The molecule has 0 amide bonds. The van der Waals surface area contributed by atoms with E-state index in [1.165, 1.54) is 24.0 Å². The molecule has 0 radical (unpaired) electrons. The molecule has 86 valence electrons. The van der Waals surface area contributed by atoms with E-state index in [-0.39, 0.29) is 0 Å². The molecule has 0 saturated heterocycles. The average molecular weight is 226 g/mol. The lowest BCUT2D eigenvalue weighted by Gasteiger charge is -2.06. The first-order chi connectivity index (χ1) is 8.31. The van der Waals surface area contributed by atoms with Gasteiger partial charge in [-0.1, -0.05) is 6.07 Å². The molecule has 0 fully saturated rings. The molecule has 1 aliphatic carbocycles. The molecule has 2 N–H and O–H groups in total. The Balaban J connectivity index is 1.83. The number of nitrogens with zero attached hydrogens (tertiary/aromatic N) is 1. The molecule has 1 aromatic heterocycles. The molecule has 3 heteroatoms. The zero-order valence-corrected chi connectivity index (χ0v) is 9.52. The smallest absolute Gasteiger partial charge is 0.219 e. The van der Waals surface area contributed by atoms with Crippen molar-refractivity contribution in [3.05, 3.63) is 47.7 Å². The lowest BCUT2D eigenvalue weighted by molar-refractivity contribution is 0.462. The zero-order valence-electron chi connectivity index (χ0n) is 9.52. The highest BCUT2D eigenvalue weighted by Gasteiger charge is 2.11. The molecule has 0 unspecified atom stereocenters. The monoisotopic (exact) mass is 226 g/mol. The van der Waals surface area contributed by atoms with Gasteiger partial charge in [-0.25, -0.2) is 4.98 Å². The topological polar surface area (TPSA) is 48.1 Å². The van der Waals surface area contributed by atoms with Gasteiger partial charge in [0.05, 0.1) is 11.9 Å². The minimum atomic E-state index is 0.581. The Bertz CT molecular complexity index is 534. The fraction of sp³-hybridized carbons (Fsp3) is 0.214. The van der Waals surface area contributed by atoms with Crippen LogP contribution in [0.1, 0.15) is 17.5 Å². The Morgan fingerprint density at radius 2 is 1.94 bits per heavy atom. The Hall–Kier alpha value is -2.03. The average Bonchev–Trinajstić information content (AvgIpc) is 2.79. The zero-order chi connectivity index (χ0) is 11.7. The van der Waals surface area contributed by atoms with Crippen molar-refractivity contribution in [1.29, 1.82) is 0 Å². The van der Waals surface area contributed by atoms with E-state index in [9.17, 15) is 0 Å². The molecule has 3 rings (SSSR count). The van der Waals surface area contributed by atoms with Crippen molar-refractivity contribution in [2.45, 2.75) is 19.3 Å². The van der Waals surface area contributed by atoms with Crippen molar-refractivity contribution in [3.8, 4) is 11.6 Å². The second-order valence-corrected chi connectivity index (χ2v) is 4.32. The maximum absolute atomic E-state index is 5.69. The summed E-state index contributed by atoms with van der Waals surface area (Å²) in [5.41, 5.74) is 9.07. The summed E-state index contributed by atoms with van der Waals surface area (Å²) in [4.78, 5) is 4.12. The number of aromatic nitrogens is 1. The molecule has 0 atom stereocenters. The molecule has 0 bridgehead atoms. The van der Waals surface area contributed by atoms with E-state index in [0.717, 1.165) is 12.2 Å². The van der Waals surface area contributed by atoms with Gasteiger partial charge in [0, 0.05) is 6.07 Å². The van der Waals surface area contributed by atoms with Crippen LogP contribution in [0.25, 0.3) is 0 Å². The standard InChI is InChI=1S/C14H14N2O/c15-12-5-7-14(16-9-12)17-13-6-4-10-2-1-3-11(10)8-13/h4-9H,1-3,15H2. The molecule has 0 aliphatic heterocycles. The summed E-state index contributed by atoms with van der Waals surface area (Å²) in [5, 5.41) is 0. The fourth-order valence-electron chi connectivity index (χ4n) is 2.18. The van der Waals surface area contributed by atoms with Crippen LogP contribution in [0.5, 0.6) is 11.6 Å². The molecule has 3 nitrogen and oxygen atoms in total. The lowest BCUT2D eigenvalue weighted by atomic mass is 10.1. The van der Waals surface area contributed by atoms with Crippen LogP contribution in [-0.4, -0.2) is 4.98 Å². The van der Waals surface area contributed by atoms with Crippen LogP contribution in [0, 0.1) is 0 Å². The number of nitrogen functional groups attached to an aromatic ring is 1. The van der Waals surface area contributed by atoms with Gasteiger partial charge in [-0.2, -0.15) is 0 Å². The Labute approximate surface area is 100 Å². The van der Waals surface area contributed by atoms with Gasteiger partial charge in [0.2, 0.25) is 5.88 Å². The van der Waals surface area contributed by atoms with E-state index in [4.69, 9.17) is 10.5 Å². The van der Waals surface area contributed by atoms with Crippen molar-refractivity contribution in [2.75, 3.05) is 5.73 Å². The number of hydrogen-bond acceptors (Lipinski definition) is 3. The summed E-state index contributed by atoms with van der Waals surface area (Å²) in [6.07, 6.45) is 5.19. The number of benzene rings is 1. The number of fused-ring (bicyclic) bond motifs is 1. The quantitative estimate of drug-likeness (QED) is 0.856. The number of ether oxygens (including phenoxy) is 1. The predicted molar refractivity (Wildman–Crippen MR) is 67.2 cm³/mol. The second-order valence-electron chi connectivity index (χ2n) is 4.32. The van der Waals surface area contributed by atoms with E-state index in [1.54, 1.807) is 18.3 Å². The summed E-state index contributed by atoms with van der Waals surface area (Å²) >= 11 is 0. The predicted octanol–water partition coefficient (Wildman–Crippen LogP) is 2.94. The molecule has 0 spiro atoms. The Kier molecular flexibility index (Phi) is 2.44. The maximum atomic E-state index is 5.69.